The summed E-state index contributed by atoms with van der Waals surface area (Å²) in [7, 11) is 0. The van der Waals surface area contributed by atoms with Gasteiger partial charge in [-0.2, -0.15) is 0 Å². The molecule has 18 heavy (non-hydrogen) atoms. The largest absolute Gasteiger partial charge is 0.387 e. The SMILES string of the molecule is CCC(O)C(F)(F)C1(C)C(C)(C)C(F)(F)C1(C)C. The van der Waals surface area contributed by atoms with Gasteiger partial charge in [-0.15, -0.1) is 0 Å². The number of alkyl halides is 4. The Hall–Kier alpha value is -0.320. The minimum absolute atomic E-state index is 0.166. The first-order valence-electron chi connectivity index (χ1n) is 6.17. The zero-order valence-electron chi connectivity index (χ0n) is 11.7. The van der Waals surface area contributed by atoms with E-state index < -0.39 is 34.2 Å². The fourth-order valence-corrected chi connectivity index (χ4v) is 3.55. The van der Waals surface area contributed by atoms with E-state index in [4.69, 9.17) is 0 Å². The normalized spacial score (nSPS) is 29.5. The van der Waals surface area contributed by atoms with Crippen LogP contribution in [0.1, 0.15) is 48.0 Å². The van der Waals surface area contributed by atoms with Crippen molar-refractivity contribution in [2.75, 3.05) is 0 Å². The second-order valence-corrected chi connectivity index (χ2v) is 6.50. The molecule has 0 amide bonds. The average Bonchev–Trinajstić information content (AvgIpc) is 2.24. The maximum Gasteiger partial charge on any atom is 0.280 e. The molecule has 5 heteroatoms. The van der Waals surface area contributed by atoms with E-state index in [1.807, 2.05) is 0 Å². The van der Waals surface area contributed by atoms with Gasteiger partial charge in [0.2, 0.25) is 0 Å². The van der Waals surface area contributed by atoms with Crippen LogP contribution in [0.4, 0.5) is 17.6 Å². The summed E-state index contributed by atoms with van der Waals surface area (Å²) in [5, 5.41) is 9.53. The van der Waals surface area contributed by atoms with E-state index in [-0.39, 0.29) is 6.42 Å². The Morgan fingerprint density at radius 1 is 1.00 bits per heavy atom. The van der Waals surface area contributed by atoms with Crippen LogP contribution >= 0.6 is 0 Å². The van der Waals surface area contributed by atoms with Crippen LogP contribution in [0.5, 0.6) is 0 Å². The molecule has 0 spiro atoms. The summed E-state index contributed by atoms with van der Waals surface area (Å²) in [4.78, 5) is 0. The molecule has 0 radical (unpaired) electrons. The van der Waals surface area contributed by atoms with Crippen molar-refractivity contribution in [2.24, 2.45) is 16.2 Å². The third-order valence-corrected chi connectivity index (χ3v) is 5.54. The molecule has 1 nitrogen and oxygen atoms in total. The van der Waals surface area contributed by atoms with Gasteiger partial charge in [0, 0.05) is 10.8 Å². The van der Waals surface area contributed by atoms with Crippen molar-refractivity contribution in [3.63, 3.8) is 0 Å². The van der Waals surface area contributed by atoms with Gasteiger partial charge < -0.3 is 5.11 Å². The molecule has 0 aliphatic heterocycles. The maximum atomic E-state index is 14.4. The molecule has 1 aliphatic carbocycles. The molecule has 108 valence electrons. The number of halogens is 4. The molecular weight excluding hydrogens is 248 g/mol. The summed E-state index contributed by atoms with van der Waals surface area (Å²) < 4.78 is 56.9. The molecule has 1 unspecified atom stereocenters. The maximum absolute atomic E-state index is 14.4. The number of rotatable bonds is 3. The summed E-state index contributed by atoms with van der Waals surface area (Å²) in [5.41, 5.74) is -5.71. The van der Waals surface area contributed by atoms with Crippen LogP contribution in [0.15, 0.2) is 0 Å². The lowest BCUT2D eigenvalue weighted by Gasteiger charge is -2.72. The first-order chi connectivity index (χ1) is 7.73. The van der Waals surface area contributed by atoms with Crippen LogP contribution < -0.4 is 0 Å². The second kappa shape index (κ2) is 3.62. The highest BCUT2D eigenvalue weighted by Gasteiger charge is 2.88. The van der Waals surface area contributed by atoms with E-state index >= 15 is 0 Å². The Morgan fingerprint density at radius 3 is 1.61 bits per heavy atom. The molecule has 0 aromatic carbocycles. The van der Waals surface area contributed by atoms with Crippen LogP contribution in [0, 0.1) is 16.2 Å². The highest BCUT2D eigenvalue weighted by atomic mass is 19.3. The van der Waals surface area contributed by atoms with Crippen molar-refractivity contribution in [2.45, 2.75) is 65.9 Å². The van der Waals surface area contributed by atoms with E-state index in [0.29, 0.717) is 0 Å². The zero-order chi connectivity index (χ0) is 14.8. The summed E-state index contributed by atoms with van der Waals surface area (Å²) in [6.07, 6.45) is -2.07. The number of aliphatic hydroxyl groups excluding tert-OH is 1. The third kappa shape index (κ3) is 1.22. The van der Waals surface area contributed by atoms with E-state index in [1.165, 1.54) is 6.92 Å². The van der Waals surface area contributed by atoms with Crippen molar-refractivity contribution in [3.8, 4) is 0 Å². The summed E-state index contributed by atoms with van der Waals surface area (Å²) in [6, 6.07) is 0. The first-order valence-corrected chi connectivity index (χ1v) is 6.17. The third-order valence-electron chi connectivity index (χ3n) is 5.54. The van der Waals surface area contributed by atoms with E-state index in [0.717, 1.165) is 34.6 Å². The lowest BCUT2D eigenvalue weighted by Crippen LogP contribution is -2.81. The number of hydrogen-bond donors (Lipinski definition) is 1. The standard InChI is InChI=1S/C13H22F4O/c1-7-8(18)12(14,15)11(6)9(2,3)13(16,17)10(11,4)5/h8,18H,7H2,1-6H3. The summed E-state index contributed by atoms with van der Waals surface area (Å²) >= 11 is 0. The predicted octanol–water partition coefficient (Wildman–Crippen LogP) is 4.10. The van der Waals surface area contributed by atoms with Crippen LogP contribution in [0.2, 0.25) is 0 Å². The minimum atomic E-state index is -3.56. The highest BCUT2D eigenvalue weighted by molar-refractivity contribution is 5.26. The van der Waals surface area contributed by atoms with Gasteiger partial charge in [0.05, 0.1) is 5.41 Å². The van der Waals surface area contributed by atoms with Crippen LogP contribution in [-0.2, 0) is 0 Å². The minimum Gasteiger partial charge on any atom is -0.387 e. The zero-order valence-corrected chi connectivity index (χ0v) is 11.7. The lowest BCUT2D eigenvalue weighted by atomic mass is 9.34. The Morgan fingerprint density at radius 2 is 1.33 bits per heavy atom. The predicted molar refractivity (Wildman–Crippen MR) is 61.9 cm³/mol. The highest BCUT2D eigenvalue weighted by Crippen LogP contribution is 2.80. The lowest BCUT2D eigenvalue weighted by molar-refractivity contribution is -0.432. The molecule has 1 aliphatic rings. The fraction of sp³-hybridized carbons (Fsp3) is 1.00. The van der Waals surface area contributed by atoms with Crippen molar-refractivity contribution in [1.29, 1.82) is 0 Å². The molecule has 1 fully saturated rings. The molecule has 1 atom stereocenters. The Bertz CT molecular complexity index is 329. The molecule has 0 saturated heterocycles. The molecule has 0 bridgehead atoms. The van der Waals surface area contributed by atoms with Gasteiger partial charge in [-0.3, -0.25) is 0 Å². The van der Waals surface area contributed by atoms with Crippen LogP contribution in [0.25, 0.3) is 0 Å². The van der Waals surface area contributed by atoms with Crippen molar-refractivity contribution in [3.05, 3.63) is 0 Å². The topological polar surface area (TPSA) is 20.2 Å². The molecule has 0 aromatic rings. The van der Waals surface area contributed by atoms with Gasteiger partial charge in [0.1, 0.15) is 6.10 Å². The molecule has 1 saturated carbocycles. The van der Waals surface area contributed by atoms with Gasteiger partial charge in [-0.1, -0.05) is 41.5 Å². The van der Waals surface area contributed by atoms with Gasteiger partial charge in [0.25, 0.3) is 11.8 Å². The fourth-order valence-electron chi connectivity index (χ4n) is 3.55. The Labute approximate surface area is 106 Å². The summed E-state index contributed by atoms with van der Waals surface area (Å²) in [6.45, 7) is 7.16. The van der Waals surface area contributed by atoms with E-state index in [2.05, 4.69) is 0 Å². The molecule has 1 rings (SSSR count). The van der Waals surface area contributed by atoms with Crippen LogP contribution in [0.3, 0.4) is 0 Å². The van der Waals surface area contributed by atoms with Crippen molar-refractivity contribution < 1.29 is 22.7 Å². The first kappa shape index (κ1) is 15.7. The molecule has 0 heterocycles. The smallest absolute Gasteiger partial charge is 0.280 e. The van der Waals surface area contributed by atoms with E-state index in [1.54, 1.807) is 0 Å². The average molecular weight is 270 g/mol. The van der Waals surface area contributed by atoms with Crippen molar-refractivity contribution >= 4 is 0 Å². The number of aliphatic hydroxyl groups is 1. The summed E-state index contributed by atoms with van der Waals surface area (Å²) in [5.74, 6) is -6.76. The quantitative estimate of drug-likeness (QED) is 0.765. The van der Waals surface area contributed by atoms with E-state index in [9.17, 15) is 22.7 Å². The molecular formula is C13H22F4O. The second-order valence-electron chi connectivity index (χ2n) is 6.50. The van der Waals surface area contributed by atoms with Crippen molar-refractivity contribution in [1.82, 2.24) is 0 Å². The Balaban J connectivity index is 3.39. The Kier molecular flexibility index (Phi) is 3.16. The van der Waals surface area contributed by atoms with Crippen LogP contribution in [-0.4, -0.2) is 23.1 Å². The van der Waals surface area contributed by atoms with Gasteiger partial charge in [-0.25, -0.2) is 17.6 Å². The number of hydrogen-bond acceptors (Lipinski definition) is 1. The molecule has 0 aromatic heterocycles. The monoisotopic (exact) mass is 270 g/mol. The van der Waals surface area contributed by atoms with Gasteiger partial charge in [0.15, 0.2) is 0 Å². The molecule has 1 N–H and O–H groups in total. The van der Waals surface area contributed by atoms with Gasteiger partial charge in [-0.05, 0) is 6.42 Å². The van der Waals surface area contributed by atoms with Gasteiger partial charge >= 0.3 is 0 Å².